The highest BCUT2D eigenvalue weighted by Gasteiger charge is 2.35. The van der Waals surface area contributed by atoms with Gasteiger partial charge in [-0.1, -0.05) is 183 Å². The Labute approximate surface area is 436 Å². The Morgan fingerprint density at radius 3 is 1.27 bits per heavy atom. The average molecular weight is 1010 g/mol. The molecule has 0 fully saturated rings. The van der Waals surface area contributed by atoms with E-state index < -0.39 is 17.2 Å². The molecule has 0 saturated heterocycles. The smallest absolute Gasteiger partial charge is 0.408 e. The minimum atomic E-state index is -2.20. The van der Waals surface area contributed by atoms with Gasteiger partial charge in [0.15, 0.2) is 0 Å². The van der Waals surface area contributed by atoms with E-state index in [0.717, 1.165) is 135 Å². The second-order valence-electron chi connectivity index (χ2n) is 19.5. The van der Waals surface area contributed by atoms with Crippen LogP contribution in [-0.4, -0.2) is 0 Å². The predicted octanol–water partition coefficient (Wildman–Crippen LogP) is 18.8. The maximum atomic E-state index is 7.48. The van der Waals surface area contributed by atoms with Crippen LogP contribution in [-0.2, 0) is 19.3 Å². The molecule has 10 aromatic carbocycles. The molecule has 74 heavy (non-hydrogen) atoms. The van der Waals surface area contributed by atoms with Crippen LogP contribution in [0.15, 0.2) is 182 Å². The van der Waals surface area contributed by atoms with Gasteiger partial charge in [0.25, 0.3) is 0 Å². The van der Waals surface area contributed by atoms with E-state index in [1.807, 2.05) is 18.2 Å². The van der Waals surface area contributed by atoms with Crippen molar-refractivity contribution in [3.05, 3.63) is 238 Å². The molecule has 0 saturated carbocycles. The van der Waals surface area contributed by atoms with E-state index >= 15 is 0 Å². The molecular formula is C66H56O6P2. The monoisotopic (exact) mass is 1010 g/mol. The highest BCUT2D eigenvalue weighted by Crippen LogP contribution is 2.58. The molecule has 6 nitrogen and oxygen atoms in total. The SMILES string of the molecule is CCCc1ccc(C)c2c1OP(Oc1ccc3ccccc3c1-c1c(OP3Oc4c(-c5ccccc5)ccc(C)c4Cc4c(C)ccc(-c5ccccc5)c4O3)ccc3ccccc13)Oc1c(C)ccc(C)c1C2. The van der Waals surface area contributed by atoms with Gasteiger partial charge < -0.3 is 27.1 Å². The van der Waals surface area contributed by atoms with Gasteiger partial charge in [0.2, 0.25) is 0 Å². The Balaban J connectivity index is 1.06. The lowest BCUT2D eigenvalue weighted by molar-refractivity contribution is 0.377. The van der Waals surface area contributed by atoms with Crippen molar-refractivity contribution >= 4 is 38.7 Å². The van der Waals surface area contributed by atoms with Crippen LogP contribution in [0.4, 0.5) is 0 Å². The van der Waals surface area contributed by atoms with Gasteiger partial charge in [-0.2, -0.15) is 0 Å². The minimum absolute atomic E-state index is 0.581. The Morgan fingerprint density at radius 2 is 0.770 bits per heavy atom. The maximum Gasteiger partial charge on any atom is 0.530 e. The summed E-state index contributed by atoms with van der Waals surface area (Å²) in [5.41, 5.74) is 17.0. The summed E-state index contributed by atoms with van der Waals surface area (Å²) in [6.45, 7) is 13.0. The molecule has 0 aromatic heterocycles. The van der Waals surface area contributed by atoms with Crippen molar-refractivity contribution in [2.24, 2.45) is 0 Å². The van der Waals surface area contributed by atoms with Crippen LogP contribution < -0.4 is 27.1 Å². The number of fused-ring (bicyclic) bond motifs is 6. The summed E-state index contributed by atoms with van der Waals surface area (Å²) in [7, 11) is -4.27. The molecule has 0 spiro atoms. The van der Waals surface area contributed by atoms with Crippen molar-refractivity contribution in [3.8, 4) is 67.9 Å². The third-order valence-corrected chi connectivity index (χ3v) is 16.7. The quantitative estimate of drug-likeness (QED) is 0.134. The minimum Gasteiger partial charge on any atom is -0.408 e. The fourth-order valence-electron chi connectivity index (χ4n) is 10.7. The second kappa shape index (κ2) is 20.0. The fourth-order valence-corrected chi connectivity index (χ4v) is 13.0. The average Bonchev–Trinajstić information content (AvgIpc) is 3.41. The molecule has 10 aromatic rings. The van der Waals surface area contributed by atoms with Crippen LogP contribution in [0.3, 0.4) is 0 Å². The molecule has 1 unspecified atom stereocenters. The first-order chi connectivity index (χ1) is 36.2. The molecular weight excluding hydrogens is 951 g/mol. The highest BCUT2D eigenvalue weighted by atomic mass is 31.2. The standard InChI is InChI=1S/C66H56O6P2/c1-7-18-50-32-29-42(3)56-39-55-41(2)27-28-45(6)63(55)69-73(70-64(50)56)67-59-37-33-48-23-14-16-25-51(48)61(59)62-52-26-17-15-24-49(52)34-38-60(62)68-74-71-65-53(46-19-10-8-11-20-46)35-30-43(4)57(65)40-58-44(5)31-36-54(66(58)72-74)47-21-12-9-13-22-47/h8-17,19-38H,7,18,39-40H2,1-6H3. The van der Waals surface area contributed by atoms with E-state index in [-0.39, 0.29) is 0 Å². The first-order valence-electron chi connectivity index (χ1n) is 25.5. The summed E-state index contributed by atoms with van der Waals surface area (Å²) in [5.74, 6) is 4.33. The van der Waals surface area contributed by atoms with Gasteiger partial charge in [0.1, 0.15) is 34.5 Å². The lowest BCUT2D eigenvalue weighted by atomic mass is 9.90. The van der Waals surface area contributed by atoms with Crippen LogP contribution in [0.5, 0.6) is 34.5 Å². The molecule has 0 radical (unpaired) electrons. The largest absolute Gasteiger partial charge is 0.530 e. The number of rotatable bonds is 9. The topological polar surface area (TPSA) is 55.4 Å². The van der Waals surface area contributed by atoms with E-state index in [0.29, 0.717) is 24.3 Å². The molecule has 366 valence electrons. The summed E-state index contributed by atoms with van der Waals surface area (Å²) in [4.78, 5) is 0. The predicted molar refractivity (Wildman–Crippen MR) is 304 cm³/mol. The molecule has 0 bridgehead atoms. The zero-order valence-corrected chi connectivity index (χ0v) is 44.3. The fraction of sp³-hybridized carbons (Fsp3) is 0.152. The second-order valence-corrected chi connectivity index (χ2v) is 21.5. The van der Waals surface area contributed by atoms with Crippen LogP contribution >= 0.6 is 17.2 Å². The summed E-state index contributed by atoms with van der Waals surface area (Å²) in [6.07, 6.45) is 3.15. The Bertz CT molecular complexity index is 3680. The van der Waals surface area contributed by atoms with Gasteiger partial charge in [-0.3, -0.25) is 0 Å². The maximum absolute atomic E-state index is 7.48. The van der Waals surface area contributed by atoms with Crippen LogP contribution in [0, 0.1) is 34.6 Å². The normalized spacial score (nSPS) is 14.1. The zero-order valence-electron chi connectivity index (χ0n) is 42.5. The van der Waals surface area contributed by atoms with Gasteiger partial charge >= 0.3 is 17.2 Å². The third-order valence-electron chi connectivity index (χ3n) is 14.7. The summed E-state index contributed by atoms with van der Waals surface area (Å²) >= 11 is 0. The van der Waals surface area contributed by atoms with Crippen molar-refractivity contribution in [2.45, 2.75) is 67.2 Å². The van der Waals surface area contributed by atoms with Gasteiger partial charge in [0, 0.05) is 57.3 Å². The lowest BCUT2D eigenvalue weighted by Gasteiger charge is -2.29. The summed E-state index contributed by atoms with van der Waals surface area (Å²) in [5, 5.41) is 4.04. The summed E-state index contributed by atoms with van der Waals surface area (Å²) in [6, 6.07) is 63.5. The molecule has 2 heterocycles. The zero-order chi connectivity index (χ0) is 50.5. The van der Waals surface area contributed by atoms with E-state index in [1.165, 1.54) is 11.1 Å². The van der Waals surface area contributed by atoms with Crippen molar-refractivity contribution in [3.63, 3.8) is 0 Å². The molecule has 12 rings (SSSR count). The van der Waals surface area contributed by atoms with Crippen molar-refractivity contribution in [2.75, 3.05) is 0 Å². The number of aryl methyl sites for hydroxylation is 6. The molecule has 1 atom stereocenters. The summed E-state index contributed by atoms with van der Waals surface area (Å²) < 4.78 is 43.8. The van der Waals surface area contributed by atoms with E-state index in [1.54, 1.807) is 0 Å². The first-order valence-corrected chi connectivity index (χ1v) is 27.7. The molecule has 0 aliphatic carbocycles. The molecule has 8 heteroatoms. The number of hydrogen-bond acceptors (Lipinski definition) is 6. The number of hydrogen-bond donors (Lipinski definition) is 0. The molecule has 2 aliphatic rings. The first kappa shape index (κ1) is 47.4. The van der Waals surface area contributed by atoms with Crippen LogP contribution in [0.25, 0.3) is 54.9 Å². The molecule has 2 aliphatic heterocycles. The van der Waals surface area contributed by atoms with Gasteiger partial charge in [-0.15, -0.1) is 0 Å². The molecule has 0 N–H and O–H groups in total. The van der Waals surface area contributed by atoms with E-state index in [9.17, 15) is 0 Å². The van der Waals surface area contributed by atoms with Crippen LogP contribution in [0.2, 0.25) is 0 Å². The van der Waals surface area contributed by atoms with Crippen molar-refractivity contribution in [1.29, 1.82) is 0 Å². The van der Waals surface area contributed by atoms with E-state index in [2.05, 4.69) is 205 Å². The van der Waals surface area contributed by atoms with Gasteiger partial charge in [-0.25, -0.2) is 0 Å². The Kier molecular flexibility index (Phi) is 12.8. The Hall–Kier alpha value is -7.62. The van der Waals surface area contributed by atoms with Gasteiger partial charge in [-0.05, 0) is 119 Å². The lowest BCUT2D eigenvalue weighted by Crippen LogP contribution is -2.13. The van der Waals surface area contributed by atoms with Crippen molar-refractivity contribution in [1.82, 2.24) is 0 Å². The van der Waals surface area contributed by atoms with Crippen LogP contribution in [0.1, 0.15) is 69.0 Å². The van der Waals surface area contributed by atoms with Crippen molar-refractivity contribution < 1.29 is 27.1 Å². The Morgan fingerprint density at radius 1 is 0.378 bits per heavy atom. The number of benzene rings is 10. The van der Waals surface area contributed by atoms with Gasteiger partial charge in [0.05, 0.1) is 0 Å². The molecule has 0 amide bonds. The third kappa shape index (κ3) is 8.81. The highest BCUT2D eigenvalue weighted by molar-refractivity contribution is 7.43. The van der Waals surface area contributed by atoms with E-state index in [4.69, 9.17) is 27.1 Å².